The van der Waals surface area contributed by atoms with Gasteiger partial charge < -0.3 is 9.84 Å². The number of hydrogen-bond donors (Lipinski definition) is 1. The number of rotatable bonds is 2. The van der Waals surface area contributed by atoms with E-state index in [0.717, 1.165) is 12.8 Å². The average molecular weight is 238 g/mol. The Labute approximate surface area is 101 Å². The third kappa shape index (κ3) is 2.50. The maximum atomic E-state index is 13.5. The zero-order chi connectivity index (χ0) is 12.5. The molecule has 2 unspecified atom stereocenters. The van der Waals surface area contributed by atoms with E-state index in [9.17, 15) is 9.50 Å². The first-order chi connectivity index (χ1) is 8.05. The molecule has 0 amide bonds. The fourth-order valence-electron chi connectivity index (χ4n) is 2.55. The van der Waals surface area contributed by atoms with Crippen molar-refractivity contribution in [3.63, 3.8) is 0 Å². The van der Waals surface area contributed by atoms with Crippen LogP contribution >= 0.6 is 0 Å². The molecule has 2 rings (SSSR count). The summed E-state index contributed by atoms with van der Waals surface area (Å²) in [6.07, 6.45) is 3.16. The summed E-state index contributed by atoms with van der Waals surface area (Å²) in [6.45, 7) is 1.72. The standard InChI is InChI=1S/C14H19FO2/c1-10-5-6-11(8-13(10)15)14(16)7-3-4-12(9-14)17-2/h5-6,8,12,16H,3-4,7,9H2,1-2H3. The fourth-order valence-corrected chi connectivity index (χ4v) is 2.55. The van der Waals surface area contributed by atoms with Gasteiger partial charge in [-0.1, -0.05) is 12.1 Å². The Kier molecular flexibility index (Phi) is 3.50. The molecule has 1 N–H and O–H groups in total. The van der Waals surface area contributed by atoms with E-state index in [2.05, 4.69) is 0 Å². The minimum Gasteiger partial charge on any atom is -0.385 e. The van der Waals surface area contributed by atoms with Crippen LogP contribution in [-0.4, -0.2) is 18.3 Å². The second-order valence-electron chi connectivity index (χ2n) is 4.95. The first-order valence-corrected chi connectivity index (χ1v) is 6.07. The number of ether oxygens (including phenoxy) is 1. The molecule has 0 spiro atoms. The van der Waals surface area contributed by atoms with Gasteiger partial charge in [-0.15, -0.1) is 0 Å². The highest BCUT2D eigenvalue weighted by Gasteiger charge is 2.36. The minimum absolute atomic E-state index is 0.0677. The van der Waals surface area contributed by atoms with Gasteiger partial charge in [-0.2, -0.15) is 0 Å². The predicted octanol–water partition coefficient (Wildman–Crippen LogP) is 2.91. The second-order valence-corrected chi connectivity index (χ2v) is 4.95. The van der Waals surface area contributed by atoms with Gasteiger partial charge in [0.25, 0.3) is 0 Å². The molecular weight excluding hydrogens is 219 g/mol. The first kappa shape index (κ1) is 12.5. The van der Waals surface area contributed by atoms with Crippen molar-refractivity contribution in [2.75, 3.05) is 7.11 Å². The van der Waals surface area contributed by atoms with E-state index in [4.69, 9.17) is 4.74 Å². The van der Waals surface area contributed by atoms with E-state index in [1.165, 1.54) is 6.07 Å². The number of methoxy groups -OCH3 is 1. The molecule has 2 nitrogen and oxygen atoms in total. The van der Waals surface area contributed by atoms with E-state index in [-0.39, 0.29) is 11.9 Å². The van der Waals surface area contributed by atoms with Crippen molar-refractivity contribution in [3.05, 3.63) is 35.1 Å². The molecule has 0 aliphatic heterocycles. The van der Waals surface area contributed by atoms with Crippen LogP contribution in [0.3, 0.4) is 0 Å². The molecular formula is C14H19FO2. The lowest BCUT2D eigenvalue weighted by atomic mass is 9.78. The van der Waals surface area contributed by atoms with Crippen molar-refractivity contribution in [1.29, 1.82) is 0 Å². The molecule has 3 heteroatoms. The normalized spacial score (nSPS) is 29.3. The molecule has 2 atom stereocenters. The molecule has 0 saturated heterocycles. The fraction of sp³-hybridized carbons (Fsp3) is 0.571. The Morgan fingerprint density at radius 1 is 1.47 bits per heavy atom. The smallest absolute Gasteiger partial charge is 0.126 e. The van der Waals surface area contributed by atoms with E-state index >= 15 is 0 Å². The highest BCUT2D eigenvalue weighted by molar-refractivity contribution is 5.28. The number of halogens is 1. The van der Waals surface area contributed by atoms with Gasteiger partial charge in [0.15, 0.2) is 0 Å². The summed E-state index contributed by atoms with van der Waals surface area (Å²) in [4.78, 5) is 0. The largest absolute Gasteiger partial charge is 0.385 e. The third-order valence-corrected chi connectivity index (χ3v) is 3.72. The predicted molar refractivity (Wildman–Crippen MR) is 64.3 cm³/mol. The van der Waals surface area contributed by atoms with Crippen LogP contribution in [-0.2, 0) is 10.3 Å². The van der Waals surface area contributed by atoms with Gasteiger partial charge in [-0.3, -0.25) is 0 Å². The van der Waals surface area contributed by atoms with Crippen LogP contribution < -0.4 is 0 Å². The molecule has 17 heavy (non-hydrogen) atoms. The monoisotopic (exact) mass is 238 g/mol. The average Bonchev–Trinajstić information content (AvgIpc) is 2.32. The van der Waals surface area contributed by atoms with Gasteiger partial charge in [0, 0.05) is 13.5 Å². The molecule has 1 aromatic carbocycles. The second kappa shape index (κ2) is 4.75. The van der Waals surface area contributed by atoms with Gasteiger partial charge >= 0.3 is 0 Å². The molecule has 1 aliphatic rings. The van der Waals surface area contributed by atoms with Gasteiger partial charge in [-0.05, 0) is 43.4 Å². The molecule has 0 aromatic heterocycles. The van der Waals surface area contributed by atoms with Crippen LogP contribution in [0, 0.1) is 12.7 Å². The molecule has 1 aromatic rings. The molecule has 1 fully saturated rings. The van der Waals surface area contributed by atoms with Crippen molar-refractivity contribution in [3.8, 4) is 0 Å². The lowest BCUT2D eigenvalue weighted by molar-refractivity contribution is -0.0633. The summed E-state index contributed by atoms with van der Waals surface area (Å²) in [5.74, 6) is -0.254. The number of benzene rings is 1. The summed E-state index contributed by atoms with van der Waals surface area (Å²) in [7, 11) is 1.66. The van der Waals surface area contributed by atoms with Crippen LogP contribution in [0.25, 0.3) is 0 Å². The quantitative estimate of drug-likeness (QED) is 0.858. The first-order valence-electron chi connectivity index (χ1n) is 6.07. The van der Waals surface area contributed by atoms with E-state index in [1.54, 1.807) is 20.1 Å². The molecule has 0 radical (unpaired) electrons. The zero-order valence-corrected chi connectivity index (χ0v) is 10.4. The van der Waals surface area contributed by atoms with Crippen LogP contribution in [0.4, 0.5) is 4.39 Å². The van der Waals surface area contributed by atoms with Crippen molar-refractivity contribution in [2.24, 2.45) is 0 Å². The summed E-state index contributed by atoms with van der Waals surface area (Å²) < 4.78 is 18.8. The van der Waals surface area contributed by atoms with Crippen molar-refractivity contribution >= 4 is 0 Å². The van der Waals surface area contributed by atoms with Crippen molar-refractivity contribution in [1.82, 2.24) is 0 Å². The molecule has 0 heterocycles. The van der Waals surface area contributed by atoms with E-state index in [0.29, 0.717) is 24.0 Å². The Balaban J connectivity index is 2.27. The Hall–Kier alpha value is -0.930. The van der Waals surface area contributed by atoms with Crippen molar-refractivity contribution < 1.29 is 14.2 Å². The Morgan fingerprint density at radius 3 is 2.88 bits per heavy atom. The summed E-state index contributed by atoms with van der Waals surface area (Å²) in [6, 6.07) is 4.99. The highest BCUT2D eigenvalue weighted by Crippen LogP contribution is 2.38. The molecule has 1 aliphatic carbocycles. The van der Waals surface area contributed by atoms with Crippen LogP contribution in [0.5, 0.6) is 0 Å². The van der Waals surface area contributed by atoms with Gasteiger partial charge in [0.05, 0.1) is 11.7 Å². The number of hydrogen-bond acceptors (Lipinski definition) is 2. The van der Waals surface area contributed by atoms with Crippen molar-refractivity contribution in [2.45, 2.75) is 44.3 Å². The number of aliphatic hydroxyl groups is 1. The Bertz CT molecular complexity index is 405. The van der Waals surface area contributed by atoms with Crippen LogP contribution in [0.15, 0.2) is 18.2 Å². The minimum atomic E-state index is -0.937. The van der Waals surface area contributed by atoms with Crippen LogP contribution in [0.2, 0.25) is 0 Å². The SMILES string of the molecule is COC1CCCC(O)(c2ccc(C)c(F)c2)C1. The Morgan fingerprint density at radius 2 is 2.24 bits per heavy atom. The summed E-state index contributed by atoms with van der Waals surface area (Å²) in [5.41, 5.74) is 0.340. The summed E-state index contributed by atoms with van der Waals surface area (Å²) in [5, 5.41) is 10.6. The molecule has 1 saturated carbocycles. The lowest BCUT2D eigenvalue weighted by Crippen LogP contribution is -2.36. The maximum absolute atomic E-state index is 13.5. The highest BCUT2D eigenvalue weighted by atomic mass is 19.1. The lowest BCUT2D eigenvalue weighted by Gasteiger charge is -2.36. The molecule has 0 bridgehead atoms. The third-order valence-electron chi connectivity index (χ3n) is 3.72. The maximum Gasteiger partial charge on any atom is 0.126 e. The molecule has 94 valence electrons. The topological polar surface area (TPSA) is 29.5 Å². The van der Waals surface area contributed by atoms with Gasteiger partial charge in [0.1, 0.15) is 5.82 Å². The van der Waals surface area contributed by atoms with Gasteiger partial charge in [0.2, 0.25) is 0 Å². The van der Waals surface area contributed by atoms with Gasteiger partial charge in [-0.25, -0.2) is 4.39 Å². The number of aryl methyl sites for hydroxylation is 1. The van der Waals surface area contributed by atoms with E-state index in [1.807, 2.05) is 6.07 Å². The van der Waals surface area contributed by atoms with Crippen LogP contribution in [0.1, 0.15) is 36.8 Å². The zero-order valence-electron chi connectivity index (χ0n) is 10.4. The summed E-state index contributed by atoms with van der Waals surface area (Å²) >= 11 is 0. The van der Waals surface area contributed by atoms with E-state index < -0.39 is 5.60 Å².